The van der Waals surface area contributed by atoms with Gasteiger partial charge in [0.15, 0.2) is 12.4 Å². The van der Waals surface area contributed by atoms with Crippen LogP contribution < -0.4 is 10.3 Å². The number of rotatable bonds is 5. The summed E-state index contributed by atoms with van der Waals surface area (Å²) in [6.45, 7) is 4.00. The SMILES string of the molecule is Cc1c(C(=O)COc2c(Cl)c(Cl)c(Cl)c(Cl)c2Cl)c(O)n(C(C)C)c(=O)c1C#N. The molecular formula is C18H13Cl5N2O4. The molecule has 0 unspecified atom stereocenters. The Hall–Kier alpha value is -1.62. The number of halogens is 5. The van der Waals surface area contributed by atoms with E-state index >= 15 is 0 Å². The van der Waals surface area contributed by atoms with Crippen molar-refractivity contribution in [3.8, 4) is 17.7 Å². The Kier molecular flexibility index (Phi) is 7.37. The highest BCUT2D eigenvalue weighted by molar-refractivity contribution is 6.55. The monoisotopic (exact) mass is 496 g/mol. The third-order valence-electron chi connectivity index (χ3n) is 4.06. The average molecular weight is 499 g/mol. The molecule has 0 bridgehead atoms. The van der Waals surface area contributed by atoms with Gasteiger partial charge in [0.05, 0.1) is 20.6 Å². The number of aromatic hydroxyl groups is 1. The minimum Gasteiger partial charge on any atom is -0.494 e. The highest BCUT2D eigenvalue weighted by Gasteiger charge is 2.27. The number of ether oxygens (including phenoxy) is 1. The van der Waals surface area contributed by atoms with Gasteiger partial charge in [0.2, 0.25) is 11.7 Å². The number of hydrogen-bond donors (Lipinski definition) is 1. The van der Waals surface area contributed by atoms with Crippen LogP contribution in [0.3, 0.4) is 0 Å². The summed E-state index contributed by atoms with van der Waals surface area (Å²) in [5, 5.41) is 19.2. The van der Waals surface area contributed by atoms with E-state index in [0.717, 1.165) is 4.57 Å². The maximum absolute atomic E-state index is 12.8. The highest BCUT2D eigenvalue weighted by Crippen LogP contribution is 2.48. The van der Waals surface area contributed by atoms with Crippen molar-refractivity contribution in [1.29, 1.82) is 5.26 Å². The molecule has 0 saturated heterocycles. The number of carbonyl (C=O) groups excluding carboxylic acids is 1. The second-order valence-electron chi connectivity index (χ2n) is 6.19. The second kappa shape index (κ2) is 9.03. The first kappa shape index (κ1) is 23.7. The lowest BCUT2D eigenvalue weighted by molar-refractivity contribution is 0.0916. The number of ketones is 1. The third-order valence-corrected chi connectivity index (χ3v) is 6.30. The molecule has 0 aliphatic carbocycles. The van der Waals surface area contributed by atoms with Crippen LogP contribution in [-0.2, 0) is 0 Å². The molecule has 1 heterocycles. The van der Waals surface area contributed by atoms with E-state index in [4.69, 9.17) is 62.7 Å². The molecule has 0 aliphatic heterocycles. The fourth-order valence-corrected chi connectivity index (χ4v) is 3.89. The van der Waals surface area contributed by atoms with E-state index in [0.29, 0.717) is 0 Å². The van der Waals surface area contributed by atoms with Crippen LogP contribution in [0.1, 0.15) is 41.4 Å². The van der Waals surface area contributed by atoms with Gasteiger partial charge in [0, 0.05) is 6.04 Å². The van der Waals surface area contributed by atoms with Gasteiger partial charge in [-0.1, -0.05) is 58.0 Å². The van der Waals surface area contributed by atoms with Crippen LogP contribution in [-0.4, -0.2) is 22.1 Å². The number of nitrogens with zero attached hydrogens (tertiary/aromatic N) is 2. The van der Waals surface area contributed by atoms with Crippen LogP contribution in [0.2, 0.25) is 25.1 Å². The Labute approximate surface area is 191 Å². The predicted octanol–water partition coefficient (Wildman–Crippen LogP) is 5.84. The maximum Gasteiger partial charge on any atom is 0.271 e. The highest BCUT2D eigenvalue weighted by atomic mass is 35.5. The van der Waals surface area contributed by atoms with E-state index in [9.17, 15) is 20.0 Å². The first-order valence-corrected chi connectivity index (χ1v) is 9.90. The summed E-state index contributed by atoms with van der Waals surface area (Å²) in [6.07, 6.45) is 0. The van der Waals surface area contributed by atoms with Gasteiger partial charge in [-0.05, 0) is 26.3 Å². The molecule has 0 fully saturated rings. The summed E-state index contributed by atoms with van der Waals surface area (Å²) in [4.78, 5) is 25.2. The molecule has 0 amide bonds. The zero-order valence-electron chi connectivity index (χ0n) is 15.2. The normalized spacial score (nSPS) is 10.9. The van der Waals surface area contributed by atoms with Crippen molar-refractivity contribution in [2.24, 2.45) is 0 Å². The number of aromatic nitrogens is 1. The van der Waals surface area contributed by atoms with Gasteiger partial charge in [-0.3, -0.25) is 14.2 Å². The zero-order chi connectivity index (χ0) is 22.2. The van der Waals surface area contributed by atoms with E-state index in [1.165, 1.54) is 6.92 Å². The molecule has 2 rings (SSSR count). The smallest absolute Gasteiger partial charge is 0.271 e. The molecular weight excluding hydrogens is 485 g/mol. The molecule has 6 nitrogen and oxygen atoms in total. The molecule has 11 heteroatoms. The molecule has 29 heavy (non-hydrogen) atoms. The predicted molar refractivity (Wildman–Crippen MR) is 114 cm³/mol. The molecule has 0 radical (unpaired) electrons. The first-order chi connectivity index (χ1) is 13.4. The van der Waals surface area contributed by atoms with Crippen molar-refractivity contribution >= 4 is 63.8 Å². The van der Waals surface area contributed by atoms with Crippen molar-refractivity contribution < 1.29 is 14.6 Å². The van der Waals surface area contributed by atoms with Gasteiger partial charge in [0.25, 0.3) is 5.56 Å². The quantitative estimate of drug-likeness (QED) is 0.317. The molecule has 0 spiro atoms. The number of pyridine rings is 1. The van der Waals surface area contributed by atoms with E-state index in [-0.39, 0.29) is 47.6 Å². The van der Waals surface area contributed by atoms with E-state index < -0.39 is 29.9 Å². The molecule has 2 aromatic rings. The van der Waals surface area contributed by atoms with Gasteiger partial charge >= 0.3 is 0 Å². The minimum absolute atomic E-state index is 0.0323. The van der Waals surface area contributed by atoms with Crippen LogP contribution in [0.15, 0.2) is 4.79 Å². The van der Waals surface area contributed by atoms with Crippen LogP contribution in [0.5, 0.6) is 11.6 Å². The lowest BCUT2D eigenvalue weighted by atomic mass is 10.0. The number of nitriles is 1. The molecule has 1 N–H and O–H groups in total. The fraction of sp³-hybridized carbons (Fsp3) is 0.278. The maximum atomic E-state index is 12.8. The molecule has 1 aromatic carbocycles. The first-order valence-electron chi connectivity index (χ1n) is 8.01. The second-order valence-corrected chi connectivity index (χ2v) is 8.08. The Morgan fingerprint density at radius 2 is 1.59 bits per heavy atom. The van der Waals surface area contributed by atoms with Crippen LogP contribution >= 0.6 is 58.0 Å². The van der Waals surface area contributed by atoms with E-state index in [2.05, 4.69) is 0 Å². The van der Waals surface area contributed by atoms with Crippen molar-refractivity contribution in [1.82, 2.24) is 4.57 Å². The third kappa shape index (κ3) is 4.16. The molecule has 154 valence electrons. The largest absolute Gasteiger partial charge is 0.494 e. The summed E-state index contributed by atoms with van der Waals surface area (Å²) in [5.41, 5.74) is -1.15. The molecule has 0 aliphatic rings. The van der Waals surface area contributed by atoms with Gasteiger partial charge in [-0.15, -0.1) is 0 Å². The lowest BCUT2D eigenvalue weighted by Gasteiger charge is -2.18. The van der Waals surface area contributed by atoms with Crippen molar-refractivity contribution in [3.63, 3.8) is 0 Å². The van der Waals surface area contributed by atoms with Crippen molar-refractivity contribution in [2.75, 3.05) is 6.61 Å². The lowest BCUT2D eigenvalue weighted by Crippen LogP contribution is -2.28. The fourth-order valence-electron chi connectivity index (χ4n) is 2.66. The van der Waals surface area contributed by atoms with Gasteiger partial charge < -0.3 is 9.84 Å². The summed E-state index contributed by atoms with van der Waals surface area (Å²) in [6, 6.07) is 1.27. The molecule has 1 aromatic heterocycles. The van der Waals surface area contributed by atoms with Crippen LogP contribution in [0, 0.1) is 18.3 Å². The van der Waals surface area contributed by atoms with Crippen molar-refractivity contribution in [3.05, 3.63) is 52.2 Å². The van der Waals surface area contributed by atoms with Crippen molar-refractivity contribution in [2.45, 2.75) is 26.8 Å². The zero-order valence-corrected chi connectivity index (χ0v) is 19.0. The van der Waals surface area contributed by atoms with E-state index in [1.54, 1.807) is 19.9 Å². The minimum atomic E-state index is -0.722. The van der Waals surface area contributed by atoms with Gasteiger partial charge in [-0.25, -0.2) is 0 Å². The van der Waals surface area contributed by atoms with Gasteiger partial charge in [0.1, 0.15) is 21.7 Å². The van der Waals surface area contributed by atoms with Crippen LogP contribution in [0.4, 0.5) is 0 Å². The summed E-state index contributed by atoms with van der Waals surface area (Å²) >= 11 is 30.0. The van der Waals surface area contributed by atoms with Gasteiger partial charge in [-0.2, -0.15) is 5.26 Å². The van der Waals surface area contributed by atoms with E-state index in [1.807, 2.05) is 0 Å². The number of benzene rings is 1. The summed E-state index contributed by atoms with van der Waals surface area (Å²) < 4.78 is 6.35. The van der Waals surface area contributed by atoms with Crippen LogP contribution in [0.25, 0.3) is 0 Å². The Morgan fingerprint density at radius 3 is 2.03 bits per heavy atom. The molecule has 0 saturated carbocycles. The Bertz CT molecular complexity index is 1090. The summed E-state index contributed by atoms with van der Waals surface area (Å²) in [7, 11) is 0. The standard InChI is InChI=1S/C18H13Cl5N2O4/c1-6(2)25-17(27)8(4-24)7(3)10(18(25)28)9(26)5-29-16-14(22)12(20)11(19)13(21)15(16)23/h6,28H,5H2,1-3H3. The average Bonchev–Trinajstić information content (AvgIpc) is 2.64. The number of Topliss-reactive ketones (excluding diaryl/α,β-unsaturated/α-hetero) is 1. The Morgan fingerprint density at radius 1 is 1.10 bits per heavy atom. The number of hydrogen-bond acceptors (Lipinski definition) is 5. The molecule has 0 atom stereocenters. The Balaban J connectivity index is 2.53. The number of carbonyl (C=O) groups is 1. The summed E-state index contributed by atoms with van der Waals surface area (Å²) in [5.74, 6) is -1.46. The topological polar surface area (TPSA) is 92.3 Å².